The van der Waals surface area contributed by atoms with Crippen molar-refractivity contribution in [3.05, 3.63) is 41.7 Å². The first-order chi connectivity index (χ1) is 11.8. The first kappa shape index (κ1) is 16.7. The van der Waals surface area contributed by atoms with Gasteiger partial charge < -0.3 is 10.5 Å². The van der Waals surface area contributed by atoms with Crippen molar-refractivity contribution in [2.45, 2.75) is 13.1 Å². The highest BCUT2D eigenvalue weighted by Gasteiger charge is 2.35. The summed E-state index contributed by atoms with van der Waals surface area (Å²) in [4.78, 5) is 4.06. The van der Waals surface area contributed by atoms with Gasteiger partial charge in [-0.25, -0.2) is 9.50 Å². The van der Waals surface area contributed by atoms with Crippen molar-refractivity contribution in [3.63, 3.8) is 0 Å². The van der Waals surface area contributed by atoms with E-state index in [4.69, 9.17) is 10.5 Å². The minimum atomic E-state index is -4.61. The minimum absolute atomic E-state index is 0.0416. The second-order valence-electron chi connectivity index (χ2n) is 5.12. The van der Waals surface area contributed by atoms with Crippen molar-refractivity contribution in [2.24, 2.45) is 10.2 Å². The molecular weight excluding hydrogens is 337 g/mol. The van der Waals surface area contributed by atoms with Gasteiger partial charge in [0.05, 0.1) is 7.11 Å². The summed E-state index contributed by atoms with van der Waals surface area (Å²) in [6.07, 6.45) is -4.61. The van der Waals surface area contributed by atoms with Gasteiger partial charge in [0.25, 0.3) is 0 Å². The fourth-order valence-corrected chi connectivity index (χ4v) is 2.26. The maximum atomic E-state index is 13.2. The van der Waals surface area contributed by atoms with Gasteiger partial charge in [0, 0.05) is 5.69 Å². The number of aryl methyl sites for hydroxylation is 1. The molecule has 0 aliphatic rings. The zero-order valence-electron chi connectivity index (χ0n) is 13.2. The van der Waals surface area contributed by atoms with Crippen LogP contribution in [0.15, 0.2) is 40.6 Å². The normalized spacial score (nSPS) is 12.2. The Balaban J connectivity index is 2.16. The molecule has 2 heterocycles. The van der Waals surface area contributed by atoms with Crippen LogP contribution in [0.3, 0.4) is 0 Å². The zero-order chi connectivity index (χ0) is 18.2. The van der Waals surface area contributed by atoms with Gasteiger partial charge in [-0.3, -0.25) is 0 Å². The molecular formula is C15H13F3N6O. The molecule has 3 rings (SSSR count). The van der Waals surface area contributed by atoms with E-state index in [2.05, 4.69) is 20.3 Å². The summed E-state index contributed by atoms with van der Waals surface area (Å²) in [5.41, 5.74) is 5.13. The van der Waals surface area contributed by atoms with Gasteiger partial charge in [0.15, 0.2) is 17.2 Å². The summed E-state index contributed by atoms with van der Waals surface area (Å²) in [6.45, 7) is 1.44. The number of fused-ring (bicyclic) bond motifs is 1. The number of nitrogen functional groups attached to an aromatic ring is 1. The SMILES string of the molecule is COc1ccccc1N=Nc1c(N)nn2c(C(F)(F)F)cc(C)nc12. The number of ether oxygens (including phenoxy) is 1. The van der Waals surface area contributed by atoms with Crippen molar-refractivity contribution < 1.29 is 17.9 Å². The van der Waals surface area contributed by atoms with E-state index in [9.17, 15) is 13.2 Å². The van der Waals surface area contributed by atoms with E-state index in [-0.39, 0.29) is 22.8 Å². The highest BCUT2D eigenvalue weighted by molar-refractivity contribution is 5.75. The maximum Gasteiger partial charge on any atom is 0.433 e. The number of rotatable bonds is 3. The maximum absolute atomic E-state index is 13.2. The molecule has 0 atom stereocenters. The van der Waals surface area contributed by atoms with Crippen molar-refractivity contribution >= 4 is 22.8 Å². The summed E-state index contributed by atoms with van der Waals surface area (Å²) >= 11 is 0. The Bertz CT molecular complexity index is 964. The number of anilines is 1. The van der Waals surface area contributed by atoms with E-state index >= 15 is 0 Å². The molecule has 0 fully saturated rings. The van der Waals surface area contributed by atoms with Gasteiger partial charge >= 0.3 is 6.18 Å². The van der Waals surface area contributed by atoms with E-state index in [0.29, 0.717) is 16.0 Å². The van der Waals surface area contributed by atoms with Crippen molar-refractivity contribution in [2.75, 3.05) is 12.8 Å². The number of hydrogen-bond acceptors (Lipinski definition) is 6. The number of methoxy groups -OCH3 is 1. The third-order valence-corrected chi connectivity index (χ3v) is 3.35. The highest BCUT2D eigenvalue weighted by Crippen LogP contribution is 2.35. The predicted octanol–water partition coefficient (Wildman–Crippen LogP) is 4.06. The third kappa shape index (κ3) is 3.10. The standard InChI is InChI=1S/C15H13F3N6O/c1-8-7-11(15(16,17)18)24-14(20-8)12(13(19)23-24)22-21-9-5-3-4-6-10(9)25-2/h3-7H,1-2H3,(H2,19,23). The Morgan fingerprint density at radius 1 is 1.20 bits per heavy atom. The smallest absolute Gasteiger partial charge is 0.433 e. The van der Waals surface area contributed by atoms with Gasteiger partial charge in [-0.05, 0) is 25.1 Å². The molecule has 3 aromatic rings. The molecule has 0 unspecified atom stereocenters. The van der Waals surface area contributed by atoms with Crippen molar-refractivity contribution in [3.8, 4) is 5.75 Å². The van der Waals surface area contributed by atoms with Crippen LogP contribution >= 0.6 is 0 Å². The molecule has 0 spiro atoms. The molecule has 0 saturated carbocycles. The molecule has 0 aliphatic carbocycles. The molecule has 1 aromatic carbocycles. The number of para-hydroxylation sites is 1. The lowest BCUT2D eigenvalue weighted by Crippen LogP contribution is -2.13. The lowest BCUT2D eigenvalue weighted by Gasteiger charge is -2.09. The predicted molar refractivity (Wildman–Crippen MR) is 84.3 cm³/mol. The van der Waals surface area contributed by atoms with Gasteiger partial charge in [-0.2, -0.15) is 13.2 Å². The van der Waals surface area contributed by atoms with E-state index in [0.717, 1.165) is 6.07 Å². The fraction of sp³-hybridized carbons (Fsp3) is 0.200. The average molecular weight is 350 g/mol. The van der Waals surface area contributed by atoms with E-state index in [1.54, 1.807) is 24.3 Å². The molecule has 2 aromatic heterocycles. The Labute approximate surface area is 140 Å². The number of aromatic nitrogens is 3. The number of halogens is 3. The number of nitrogens with zero attached hydrogens (tertiary/aromatic N) is 5. The van der Waals surface area contributed by atoms with Crippen LogP contribution in [0.5, 0.6) is 5.75 Å². The van der Waals surface area contributed by atoms with Gasteiger partial charge in [-0.1, -0.05) is 12.1 Å². The van der Waals surface area contributed by atoms with Crippen LogP contribution in [0.1, 0.15) is 11.4 Å². The summed E-state index contributed by atoms with van der Waals surface area (Å²) in [5, 5.41) is 11.6. The lowest BCUT2D eigenvalue weighted by molar-refractivity contribution is -0.142. The number of nitrogens with two attached hydrogens (primary N) is 1. The Kier molecular flexibility index (Phi) is 4.03. The number of benzene rings is 1. The number of alkyl halides is 3. The number of hydrogen-bond donors (Lipinski definition) is 1. The average Bonchev–Trinajstić information content (AvgIpc) is 2.86. The first-order valence-electron chi connectivity index (χ1n) is 7.09. The summed E-state index contributed by atoms with van der Waals surface area (Å²) in [7, 11) is 1.47. The summed E-state index contributed by atoms with van der Waals surface area (Å²) < 4.78 is 45.3. The molecule has 7 nitrogen and oxygen atoms in total. The molecule has 25 heavy (non-hydrogen) atoms. The van der Waals surface area contributed by atoms with Crippen LogP contribution in [0.2, 0.25) is 0 Å². The van der Waals surface area contributed by atoms with E-state index in [1.807, 2.05) is 0 Å². The van der Waals surface area contributed by atoms with Crippen LogP contribution in [-0.2, 0) is 6.18 Å². The third-order valence-electron chi connectivity index (χ3n) is 3.35. The molecule has 0 amide bonds. The van der Waals surface area contributed by atoms with Gasteiger partial charge in [0.1, 0.15) is 17.1 Å². The molecule has 0 saturated heterocycles. The van der Waals surface area contributed by atoms with Crippen molar-refractivity contribution in [1.82, 2.24) is 14.6 Å². The van der Waals surface area contributed by atoms with Crippen molar-refractivity contribution in [1.29, 1.82) is 0 Å². The second kappa shape index (κ2) is 6.04. The minimum Gasteiger partial charge on any atom is -0.494 e. The zero-order valence-corrected chi connectivity index (χ0v) is 13.2. The molecule has 0 bridgehead atoms. The molecule has 2 N–H and O–H groups in total. The van der Waals surface area contributed by atoms with E-state index in [1.165, 1.54) is 14.0 Å². The topological polar surface area (TPSA) is 90.2 Å². The van der Waals surface area contributed by atoms with Crippen LogP contribution in [0, 0.1) is 6.92 Å². The van der Waals surface area contributed by atoms with Crippen LogP contribution in [0.4, 0.5) is 30.4 Å². The van der Waals surface area contributed by atoms with E-state index < -0.39 is 11.9 Å². The molecule has 0 aliphatic heterocycles. The van der Waals surface area contributed by atoms with Gasteiger partial charge in [0.2, 0.25) is 0 Å². The van der Waals surface area contributed by atoms with Crippen LogP contribution in [0.25, 0.3) is 5.65 Å². The summed E-state index contributed by atoms with van der Waals surface area (Å²) in [6, 6.07) is 7.69. The monoisotopic (exact) mass is 350 g/mol. The largest absolute Gasteiger partial charge is 0.494 e. The molecule has 0 radical (unpaired) electrons. The Hall–Kier alpha value is -3.17. The molecule has 130 valence electrons. The second-order valence-corrected chi connectivity index (χ2v) is 5.12. The highest BCUT2D eigenvalue weighted by atomic mass is 19.4. The quantitative estimate of drug-likeness (QED) is 0.721. The van der Waals surface area contributed by atoms with Crippen LogP contribution < -0.4 is 10.5 Å². The summed E-state index contributed by atoms with van der Waals surface area (Å²) in [5.74, 6) is 0.253. The fourth-order valence-electron chi connectivity index (χ4n) is 2.26. The van der Waals surface area contributed by atoms with Gasteiger partial charge in [-0.15, -0.1) is 15.3 Å². The van der Waals surface area contributed by atoms with Crippen LogP contribution in [-0.4, -0.2) is 21.7 Å². The lowest BCUT2D eigenvalue weighted by atomic mass is 10.3. The Morgan fingerprint density at radius 2 is 1.92 bits per heavy atom. The molecule has 10 heteroatoms. The Morgan fingerprint density at radius 3 is 2.60 bits per heavy atom. The number of azo groups is 1. The first-order valence-corrected chi connectivity index (χ1v) is 7.09.